The van der Waals surface area contributed by atoms with Gasteiger partial charge in [0.2, 0.25) is 11.7 Å². The third-order valence-corrected chi connectivity index (χ3v) is 5.15. The molecular formula is C19H28ClIN6O. The van der Waals surface area contributed by atoms with E-state index in [1.165, 1.54) is 19.4 Å². The van der Waals surface area contributed by atoms with Crippen LogP contribution in [0.3, 0.4) is 0 Å². The molecule has 28 heavy (non-hydrogen) atoms. The molecule has 1 saturated heterocycles. The van der Waals surface area contributed by atoms with Gasteiger partial charge in [0.15, 0.2) is 5.96 Å². The summed E-state index contributed by atoms with van der Waals surface area (Å²) in [4.78, 5) is 13.5. The monoisotopic (exact) mass is 518 g/mol. The number of benzene rings is 1. The summed E-state index contributed by atoms with van der Waals surface area (Å²) in [6.45, 7) is 5.88. The fourth-order valence-corrected chi connectivity index (χ4v) is 3.72. The fraction of sp³-hybridized carbons (Fsp3) is 0.526. The number of halogens is 2. The Morgan fingerprint density at radius 1 is 1.46 bits per heavy atom. The topological polar surface area (TPSA) is 69.8 Å². The minimum absolute atomic E-state index is 0. The van der Waals surface area contributed by atoms with Gasteiger partial charge in [0.05, 0.1) is 6.54 Å². The summed E-state index contributed by atoms with van der Waals surface area (Å²) >= 11 is 6.03. The zero-order valence-electron chi connectivity index (χ0n) is 16.6. The van der Waals surface area contributed by atoms with Gasteiger partial charge >= 0.3 is 0 Å². The summed E-state index contributed by atoms with van der Waals surface area (Å²) in [6, 6.07) is 7.98. The molecule has 0 aliphatic carbocycles. The first-order valence-electron chi connectivity index (χ1n) is 9.35. The van der Waals surface area contributed by atoms with E-state index < -0.39 is 0 Å². The number of hydrogen-bond acceptors (Lipinski definition) is 5. The molecule has 0 spiro atoms. The lowest BCUT2D eigenvalue weighted by molar-refractivity contribution is 0.232. The molecule has 1 aliphatic heterocycles. The van der Waals surface area contributed by atoms with Gasteiger partial charge in [-0.1, -0.05) is 35.8 Å². The molecule has 2 heterocycles. The van der Waals surface area contributed by atoms with Crippen molar-refractivity contribution in [2.45, 2.75) is 32.4 Å². The van der Waals surface area contributed by atoms with E-state index in [-0.39, 0.29) is 24.0 Å². The van der Waals surface area contributed by atoms with Crippen molar-refractivity contribution in [3.05, 3.63) is 35.2 Å². The maximum Gasteiger partial charge on any atom is 0.246 e. The van der Waals surface area contributed by atoms with Gasteiger partial charge in [-0.3, -0.25) is 9.89 Å². The molecule has 9 heteroatoms. The van der Waals surface area contributed by atoms with Crippen molar-refractivity contribution in [2.24, 2.45) is 4.99 Å². The van der Waals surface area contributed by atoms with E-state index in [1.807, 2.05) is 24.3 Å². The SMILES string of the molecule is CCN1CCCC1CN(C)C(=NC)NCc1nc(-c2cccc(Cl)c2)no1.I. The van der Waals surface area contributed by atoms with Gasteiger partial charge in [-0.25, -0.2) is 0 Å². The standard InChI is InChI=1S/C19H27ClN6O.HI/c1-4-26-10-6-9-16(26)13-25(3)19(21-2)22-12-17-23-18(24-27-17)14-7-5-8-15(20)11-14;/h5,7-8,11,16H,4,6,9-10,12-13H2,1-3H3,(H,21,22);1H. The van der Waals surface area contributed by atoms with Gasteiger partial charge in [0.1, 0.15) is 0 Å². The minimum atomic E-state index is 0. The van der Waals surface area contributed by atoms with Gasteiger partial charge in [0, 0.05) is 37.3 Å². The summed E-state index contributed by atoms with van der Waals surface area (Å²) in [5, 5.41) is 7.98. The summed E-state index contributed by atoms with van der Waals surface area (Å²) in [7, 11) is 3.85. The van der Waals surface area contributed by atoms with Crippen LogP contribution in [0.25, 0.3) is 11.4 Å². The molecule has 154 valence electrons. The van der Waals surface area contributed by atoms with Crippen molar-refractivity contribution in [1.82, 2.24) is 25.3 Å². The Morgan fingerprint density at radius 3 is 3.00 bits per heavy atom. The maximum absolute atomic E-state index is 6.03. The number of likely N-dealkylation sites (N-methyl/N-ethyl adjacent to an activating group) is 2. The molecule has 1 N–H and O–H groups in total. The van der Waals surface area contributed by atoms with Crippen LogP contribution in [-0.4, -0.2) is 65.7 Å². The lowest BCUT2D eigenvalue weighted by Crippen LogP contribution is -2.45. The highest BCUT2D eigenvalue weighted by Gasteiger charge is 2.25. The molecule has 7 nitrogen and oxygen atoms in total. The first-order valence-corrected chi connectivity index (χ1v) is 9.73. The van der Waals surface area contributed by atoms with Crippen molar-refractivity contribution in [3.8, 4) is 11.4 Å². The number of rotatable bonds is 6. The van der Waals surface area contributed by atoms with E-state index >= 15 is 0 Å². The molecule has 1 aromatic carbocycles. The maximum atomic E-state index is 6.03. The van der Waals surface area contributed by atoms with Gasteiger partial charge in [-0.2, -0.15) is 4.98 Å². The Labute approximate surface area is 188 Å². The predicted octanol–water partition coefficient (Wildman–Crippen LogP) is 3.50. The number of hydrogen-bond donors (Lipinski definition) is 1. The molecule has 0 radical (unpaired) electrons. The van der Waals surface area contributed by atoms with Crippen LogP contribution < -0.4 is 5.32 Å². The average molecular weight is 519 g/mol. The molecule has 1 fully saturated rings. The zero-order chi connectivity index (χ0) is 19.2. The molecule has 1 aromatic heterocycles. The molecule has 1 aliphatic rings. The smallest absolute Gasteiger partial charge is 0.246 e. The number of guanidine groups is 1. The Kier molecular flexibility index (Phi) is 8.97. The van der Waals surface area contributed by atoms with Crippen LogP contribution in [0.2, 0.25) is 5.02 Å². The number of aliphatic imine (C=N–C) groups is 1. The van der Waals surface area contributed by atoms with E-state index in [1.54, 1.807) is 7.05 Å². The second-order valence-electron chi connectivity index (χ2n) is 6.73. The van der Waals surface area contributed by atoms with Crippen molar-refractivity contribution < 1.29 is 4.52 Å². The van der Waals surface area contributed by atoms with E-state index in [0.29, 0.717) is 29.3 Å². The zero-order valence-corrected chi connectivity index (χ0v) is 19.6. The van der Waals surface area contributed by atoms with Gasteiger partial charge in [0.25, 0.3) is 0 Å². The van der Waals surface area contributed by atoms with Gasteiger partial charge in [-0.05, 0) is 38.1 Å². The second kappa shape index (κ2) is 11.0. The van der Waals surface area contributed by atoms with Crippen LogP contribution in [-0.2, 0) is 6.54 Å². The molecule has 1 atom stereocenters. The first kappa shape index (κ1) is 22.9. The Morgan fingerprint density at radius 2 is 2.29 bits per heavy atom. The lowest BCUT2D eigenvalue weighted by Gasteiger charge is -2.29. The van der Waals surface area contributed by atoms with Crippen LogP contribution in [0, 0.1) is 0 Å². The third-order valence-electron chi connectivity index (χ3n) is 4.91. The molecule has 0 amide bonds. The van der Waals surface area contributed by atoms with Crippen LogP contribution in [0.15, 0.2) is 33.8 Å². The van der Waals surface area contributed by atoms with E-state index in [4.69, 9.17) is 16.1 Å². The normalized spacial score (nSPS) is 17.4. The Hall–Kier alpha value is -1.39. The highest BCUT2D eigenvalue weighted by molar-refractivity contribution is 14.0. The van der Waals surface area contributed by atoms with Gasteiger partial charge in [-0.15, -0.1) is 24.0 Å². The first-order chi connectivity index (χ1) is 13.1. The van der Waals surface area contributed by atoms with E-state index in [9.17, 15) is 0 Å². The van der Waals surface area contributed by atoms with Crippen LogP contribution in [0.5, 0.6) is 0 Å². The van der Waals surface area contributed by atoms with Crippen LogP contribution in [0.1, 0.15) is 25.7 Å². The molecule has 0 saturated carbocycles. The Balaban J connectivity index is 0.00000280. The van der Waals surface area contributed by atoms with Crippen molar-refractivity contribution in [2.75, 3.05) is 33.7 Å². The molecule has 0 bridgehead atoms. The van der Waals surface area contributed by atoms with Gasteiger partial charge < -0.3 is 14.7 Å². The van der Waals surface area contributed by atoms with Crippen molar-refractivity contribution >= 4 is 41.5 Å². The highest BCUT2D eigenvalue weighted by atomic mass is 127. The largest absolute Gasteiger partial charge is 0.347 e. The highest BCUT2D eigenvalue weighted by Crippen LogP contribution is 2.20. The molecule has 3 rings (SSSR count). The molecular weight excluding hydrogens is 491 g/mol. The van der Waals surface area contributed by atoms with Crippen molar-refractivity contribution in [3.63, 3.8) is 0 Å². The molecule has 1 unspecified atom stereocenters. The van der Waals surface area contributed by atoms with Crippen LogP contribution in [0.4, 0.5) is 0 Å². The second-order valence-corrected chi connectivity index (χ2v) is 7.16. The fourth-order valence-electron chi connectivity index (χ4n) is 3.53. The lowest BCUT2D eigenvalue weighted by atomic mass is 10.2. The third kappa shape index (κ3) is 5.81. The quantitative estimate of drug-likeness (QED) is 0.359. The average Bonchev–Trinajstić information content (AvgIpc) is 3.31. The number of likely N-dealkylation sites (tertiary alicyclic amines) is 1. The Bertz CT molecular complexity index is 783. The molecule has 2 aromatic rings. The number of nitrogens with one attached hydrogen (secondary N) is 1. The number of aromatic nitrogens is 2. The summed E-state index contributed by atoms with van der Waals surface area (Å²) in [6.07, 6.45) is 2.51. The predicted molar refractivity (Wildman–Crippen MR) is 123 cm³/mol. The number of nitrogens with zero attached hydrogens (tertiary/aromatic N) is 5. The van der Waals surface area contributed by atoms with E-state index in [0.717, 1.165) is 24.6 Å². The van der Waals surface area contributed by atoms with Crippen LogP contribution >= 0.6 is 35.6 Å². The van der Waals surface area contributed by atoms with E-state index in [2.05, 4.69) is 44.2 Å². The minimum Gasteiger partial charge on any atom is -0.347 e. The van der Waals surface area contributed by atoms with Crippen molar-refractivity contribution in [1.29, 1.82) is 0 Å². The summed E-state index contributed by atoms with van der Waals surface area (Å²) in [5.41, 5.74) is 0.833. The summed E-state index contributed by atoms with van der Waals surface area (Å²) in [5.74, 6) is 1.86. The summed E-state index contributed by atoms with van der Waals surface area (Å²) < 4.78 is 5.35.